The SMILES string of the molecule is CC(CC(=O)Nc1nccs1)c1ccc(F)cc1. The number of hydrogen-bond acceptors (Lipinski definition) is 3. The van der Waals surface area contributed by atoms with E-state index in [1.54, 1.807) is 23.7 Å². The molecule has 1 heterocycles. The van der Waals surface area contributed by atoms with Gasteiger partial charge in [-0.3, -0.25) is 4.79 Å². The Morgan fingerprint density at radius 2 is 2.17 bits per heavy atom. The zero-order chi connectivity index (χ0) is 13.0. The largest absolute Gasteiger partial charge is 0.302 e. The van der Waals surface area contributed by atoms with Crippen molar-refractivity contribution in [2.45, 2.75) is 19.3 Å². The van der Waals surface area contributed by atoms with Crippen LogP contribution in [0, 0.1) is 5.82 Å². The summed E-state index contributed by atoms with van der Waals surface area (Å²) in [6, 6.07) is 6.22. The maximum absolute atomic E-state index is 12.8. The predicted octanol–water partition coefficient (Wildman–Crippen LogP) is 3.41. The van der Waals surface area contributed by atoms with Gasteiger partial charge in [-0.25, -0.2) is 9.37 Å². The summed E-state index contributed by atoms with van der Waals surface area (Å²) in [6.07, 6.45) is 1.99. The third-order valence-electron chi connectivity index (χ3n) is 2.61. The van der Waals surface area contributed by atoms with E-state index in [2.05, 4.69) is 10.3 Å². The Hall–Kier alpha value is -1.75. The standard InChI is InChI=1S/C13H13FN2OS/c1-9(10-2-4-11(14)5-3-10)8-12(17)16-13-15-6-7-18-13/h2-7,9H,8H2,1H3,(H,15,16,17). The number of carbonyl (C=O) groups excluding carboxylic acids is 1. The Morgan fingerprint density at radius 3 is 2.78 bits per heavy atom. The minimum atomic E-state index is -0.266. The molecule has 1 atom stereocenters. The van der Waals surface area contributed by atoms with Gasteiger partial charge in [-0.15, -0.1) is 11.3 Å². The van der Waals surface area contributed by atoms with Gasteiger partial charge in [-0.05, 0) is 23.6 Å². The van der Waals surface area contributed by atoms with Gasteiger partial charge in [0.15, 0.2) is 5.13 Å². The van der Waals surface area contributed by atoms with Crippen molar-refractivity contribution < 1.29 is 9.18 Å². The molecule has 0 saturated carbocycles. The number of thiazole rings is 1. The van der Waals surface area contributed by atoms with Crippen molar-refractivity contribution in [3.8, 4) is 0 Å². The van der Waals surface area contributed by atoms with Crippen molar-refractivity contribution in [3.05, 3.63) is 47.2 Å². The highest BCUT2D eigenvalue weighted by Gasteiger charge is 2.12. The molecule has 0 aliphatic rings. The van der Waals surface area contributed by atoms with Crippen LogP contribution in [0.25, 0.3) is 0 Å². The van der Waals surface area contributed by atoms with Crippen LogP contribution < -0.4 is 5.32 Å². The fourth-order valence-electron chi connectivity index (χ4n) is 1.64. The lowest BCUT2D eigenvalue weighted by Crippen LogP contribution is -2.14. The Balaban J connectivity index is 1.92. The molecule has 1 N–H and O–H groups in total. The Kier molecular flexibility index (Phi) is 4.04. The number of rotatable bonds is 4. The molecule has 1 aromatic carbocycles. The Labute approximate surface area is 109 Å². The number of nitrogens with one attached hydrogen (secondary N) is 1. The van der Waals surface area contributed by atoms with E-state index in [0.29, 0.717) is 11.6 Å². The zero-order valence-electron chi connectivity index (χ0n) is 9.89. The number of halogens is 1. The summed E-state index contributed by atoms with van der Waals surface area (Å²) in [5.41, 5.74) is 0.950. The smallest absolute Gasteiger partial charge is 0.226 e. The fraction of sp³-hybridized carbons (Fsp3) is 0.231. The number of hydrogen-bond donors (Lipinski definition) is 1. The third kappa shape index (κ3) is 3.37. The molecule has 0 aliphatic heterocycles. The van der Waals surface area contributed by atoms with E-state index in [1.807, 2.05) is 6.92 Å². The molecule has 2 aromatic rings. The van der Waals surface area contributed by atoms with Gasteiger partial charge in [-0.2, -0.15) is 0 Å². The highest BCUT2D eigenvalue weighted by molar-refractivity contribution is 7.13. The van der Waals surface area contributed by atoms with Crippen molar-refractivity contribution in [1.29, 1.82) is 0 Å². The lowest BCUT2D eigenvalue weighted by Gasteiger charge is -2.11. The van der Waals surface area contributed by atoms with Crippen LogP contribution in [-0.2, 0) is 4.79 Å². The number of benzene rings is 1. The maximum Gasteiger partial charge on any atom is 0.226 e. The second kappa shape index (κ2) is 5.73. The summed E-state index contributed by atoms with van der Waals surface area (Å²) in [7, 11) is 0. The molecule has 0 fully saturated rings. The minimum absolute atomic E-state index is 0.0468. The van der Waals surface area contributed by atoms with Crippen LogP contribution in [0.4, 0.5) is 9.52 Å². The molecule has 0 bridgehead atoms. The normalized spacial score (nSPS) is 12.1. The third-order valence-corrected chi connectivity index (χ3v) is 3.30. The van der Waals surface area contributed by atoms with Gasteiger partial charge >= 0.3 is 0 Å². The average Bonchev–Trinajstić information content (AvgIpc) is 2.82. The fourth-order valence-corrected chi connectivity index (χ4v) is 2.19. The molecule has 3 nitrogen and oxygen atoms in total. The summed E-state index contributed by atoms with van der Waals surface area (Å²) in [4.78, 5) is 15.7. The van der Waals surface area contributed by atoms with Gasteiger partial charge in [0, 0.05) is 18.0 Å². The Morgan fingerprint density at radius 1 is 1.44 bits per heavy atom. The number of carbonyl (C=O) groups is 1. The highest BCUT2D eigenvalue weighted by atomic mass is 32.1. The molecule has 0 spiro atoms. The zero-order valence-corrected chi connectivity index (χ0v) is 10.7. The van der Waals surface area contributed by atoms with E-state index in [4.69, 9.17) is 0 Å². The van der Waals surface area contributed by atoms with Crippen LogP contribution in [0.1, 0.15) is 24.8 Å². The van der Waals surface area contributed by atoms with Crippen molar-refractivity contribution in [1.82, 2.24) is 4.98 Å². The van der Waals surface area contributed by atoms with Gasteiger partial charge in [0.1, 0.15) is 5.82 Å². The topological polar surface area (TPSA) is 42.0 Å². The monoisotopic (exact) mass is 264 g/mol. The number of anilines is 1. The summed E-state index contributed by atoms with van der Waals surface area (Å²) in [5, 5.41) is 5.14. The van der Waals surface area contributed by atoms with Gasteiger partial charge in [0.05, 0.1) is 0 Å². The van der Waals surface area contributed by atoms with Crippen LogP contribution in [0.15, 0.2) is 35.8 Å². The molecule has 1 amide bonds. The molecule has 0 aliphatic carbocycles. The molecule has 0 saturated heterocycles. The van der Waals surface area contributed by atoms with Gasteiger partial charge in [0.2, 0.25) is 5.91 Å². The van der Waals surface area contributed by atoms with Crippen molar-refractivity contribution in [2.24, 2.45) is 0 Å². The number of amides is 1. The molecule has 5 heteroatoms. The van der Waals surface area contributed by atoms with Crippen LogP contribution >= 0.6 is 11.3 Å². The van der Waals surface area contributed by atoms with Crippen LogP contribution in [0.5, 0.6) is 0 Å². The maximum atomic E-state index is 12.8. The van der Waals surface area contributed by atoms with Gasteiger partial charge in [0.25, 0.3) is 0 Å². The number of aromatic nitrogens is 1. The van der Waals surface area contributed by atoms with Crippen LogP contribution in [0.3, 0.4) is 0 Å². The number of nitrogens with zero attached hydrogens (tertiary/aromatic N) is 1. The van der Waals surface area contributed by atoms with Crippen LogP contribution in [0.2, 0.25) is 0 Å². The van der Waals surface area contributed by atoms with Crippen molar-refractivity contribution >= 4 is 22.4 Å². The molecular formula is C13H13FN2OS. The quantitative estimate of drug-likeness (QED) is 0.919. The lowest BCUT2D eigenvalue weighted by molar-refractivity contribution is -0.116. The van der Waals surface area contributed by atoms with E-state index in [0.717, 1.165) is 5.56 Å². The average molecular weight is 264 g/mol. The van der Waals surface area contributed by atoms with Gasteiger partial charge < -0.3 is 5.32 Å². The first-order valence-electron chi connectivity index (χ1n) is 5.60. The first-order valence-corrected chi connectivity index (χ1v) is 6.48. The van der Waals surface area contributed by atoms with Crippen molar-refractivity contribution in [2.75, 3.05) is 5.32 Å². The Bertz CT molecular complexity index is 510. The summed E-state index contributed by atoms with van der Waals surface area (Å²) in [5.74, 6) is -0.300. The van der Waals surface area contributed by atoms with Gasteiger partial charge in [-0.1, -0.05) is 19.1 Å². The molecule has 18 heavy (non-hydrogen) atoms. The molecule has 1 aromatic heterocycles. The summed E-state index contributed by atoms with van der Waals surface area (Å²) < 4.78 is 12.8. The molecular weight excluding hydrogens is 251 g/mol. The van der Waals surface area contributed by atoms with E-state index >= 15 is 0 Å². The molecule has 1 unspecified atom stereocenters. The predicted molar refractivity (Wildman–Crippen MR) is 70.2 cm³/mol. The summed E-state index contributed by atoms with van der Waals surface area (Å²) >= 11 is 1.38. The van der Waals surface area contributed by atoms with Crippen molar-refractivity contribution in [3.63, 3.8) is 0 Å². The molecule has 94 valence electrons. The van der Waals surface area contributed by atoms with E-state index < -0.39 is 0 Å². The van der Waals surface area contributed by atoms with E-state index in [1.165, 1.54) is 23.5 Å². The first kappa shape index (κ1) is 12.7. The summed E-state index contributed by atoms with van der Waals surface area (Å²) in [6.45, 7) is 1.94. The van der Waals surface area contributed by atoms with E-state index in [-0.39, 0.29) is 17.6 Å². The second-order valence-corrected chi connectivity index (χ2v) is 4.94. The first-order chi connectivity index (χ1) is 8.65. The lowest BCUT2D eigenvalue weighted by atomic mass is 9.97. The van der Waals surface area contributed by atoms with E-state index in [9.17, 15) is 9.18 Å². The molecule has 2 rings (SSSR count). The molecule has 0 radical (unpaired) electrons. The minimum Gasteiger partial charge on any atom is -0.302 e. The highest BCUT2D eigenvalue weighted by Crippen LogP contribution is 2.20. The second-order valence-electron chi connectivity index (χ2n) is 4.04. The van der Waals surface area contributed by atoms with Crippen LogP contribution in [-0.4, -0.2) is 10.9 Å².